The molecule has 0 aliphatic rings. The molecule has 0 aromatic heterocycles. The first-order chi connectivity index (χ1) is 7.58. The van der Waals surface area contributed by atoms with E-state index in [4.69, 9.17) is 5.11 Å². The Bertz CT molecular complexity index is 350. The summed E-state index contributed by atoms with van der Waals surface area (Å²) >= 11 is 0. The van der Waals surface area contributed by atoms with Gasteiger partial charge in [0.25, 0.3) is 0 Å². The standard InChI is InChI=1S/C13H19NO2/c1-10-4-3-5-12(6-10)9-14-8-11(2)7-13(15)16/h3-6,11,14H,7-9H2,1-2H3,(H,15,16). The molecule has 0 heterocycles. The number of rotatable bonds is 6. The summed E-state index contributed by atoms with van der Waals surface area (Å²) in [4.78, 5) is 10.5. The molecule has 16 heavy (non-hydrogen) atoms. The zero-order chi connectivity index (χ0) is 12.0. The average molecular weight is 221 g/mol. The van der Waals surface area contributed by atoms with Crippen LogP contribution in [0, 0.1) is 12.8 Å². The molecular weight excluding hydrogens is 202 g/mol. The molecule has 2 N–H and O–H groups in total. The Morgan fingerprint density at radius 3 is 2.88 bits per heavy atom. The molecule has 0 radical (unpaired) electrons. The molecule has 88 valence electrons. The number of aliphatic carboxylic acids is 1. The Kier molecular flexibility index (Phi) is 4.99. The van der Waals surface area contributed by atoms with Crippen LogP contribution >= 0.6 is 0 Å². The third-order valence-corrected chi connectivity index (χ3v) is 2.43. The summed E-state index contributed by atoms with van der Waals surface area (Å²) in [7, 11) is 0. The molecule has 3 nitrogen and oxygen atoms in total. The van der Waals surface area contributed by atoms with Crippen molar-refractivity contribution in [2.75, 3.05) is 6.54 Å². The number of carbonyl (C=O) groups is 1. The van der Waals surface area contributed by atoms with E-state index in [2.05, 4.69) is 30.4 Å². The molecule has 1 rings (SSSR count). The van der Waals surface area contributed by atoms with Gasteiger partial charge in [-0.05, 0) is 24.9 Å². The van der Waals surface area contributed by atoms with Crippen LogP contribution in [0.25, 0.3) is 0 Å². The topological polar surface area (TPSA) is 49.3 Å². The zero-order valence-electron chi connectivity index (χ0n) is 9.86. The van der Waals surface area contributed by atoms with Crippen molar-refractivity contribution in [1.29, 1.82) is 0 Å². The van der Waals surface area contributed by atoms with Gasteiger partial charge in [-0.1, -0.05) is 36.8 Å². The highest BCUT2D eigenvalue weighted by atomic mass is 16.4. The van der Waals surface area contributed by atoms with E-state index >= 15 is 0 Å². The van der Waals surface area contributed by atoms with Gasteiger partial charge in [0.15, 0.2) is 0 Å². The molecule has 1 atom stereocenters. The summed E-state index contributed by atoms with van der Waals surface area (Å²) in [6, 6.07) is 8.31. The van der Waals surface area contributed by atoms with Crippen molar-refractivity contribution >= 4 is 5.97 Å². The van der Waals surface area contributed by atoms with Gasteiger partial charge in [0, 0.05) is 13.0 Å². The number of hydrogen-bond acceptors (Lipinski definition) is 2. The fourth-order valence-electron chi connectivity index (χ4n) is 1.66. The van der Waals surface area contributed by atoms with E-state index in [1.807, 2.05) is 13.0 Å². The second-order valence-corrected chi connectivity index (χ2v) is 4.32. The van der Waals surface area contributed by atoms with Crippen LogP contribution in [0.2, 0.25) is 0 Å². The van der Waals surface area contributed by atoms with Crippen molar-refractivity contribution in [1.82, 2.24) is 5.32 Å². The van der Waals surface area contributed by atoms with E-state index in [-0.39, 0.29) is 12.3 Å². The summed E-state index contributed by atoms with van der Waals surface area (Å²) in [5.74, 6) is -0.563. The lowest BCUT2D eigenvalue weighted by molar-refractivity contribution is -0.137. The molecule has 3 heteroatoms. The SMILES string of the molecule is Cc1cccc(CNCC(C)CC(=O)O)c1. The van der Waals surface area contributed by atoms with Crippen LogP contribution in [-0.4, -0.2) is 17.6 Å². The van der Waals surface area contributed by atoms with Crippen LogP contribution in [0.1, 0.15) is 24.5 Å². The first-order valence-corrected chi connectivity index (χ1v) is 5.56. The van der Waals surface area contributed by atoms with Gasteiger partial charge >= 0.3 is 5.97 Å². The molecule has 0 aliphatic heterocycles. The molecule has 1 unspecified atom stereocenters. The van der Waals surface area contributed by atoms with Crippen LogP contribution in [0.5, 0.6) is 0 Å². The number of benzene rings is 1. The highest BCUT2D eigenvalue weighted by molar-refractivity contribution is 5.66. The van der Waals surface area contributed by atoms with Gasteiger partial charge in [-0.25, -0.2) is 0 Å². The van der Waals surface area contributed by atoms with Crippen molar-refractivity contribution in [3.05, 3.63) is 35.4 Å². The second-order valence-electron chi connectivity index (χ2n) is 4.32. The Morgan fingerprint density at radius 1 is 1.50 bits per heavy atom. The lowest BCUT2D eigenvalue weighted by Crippen LogP contribution is -2.22. The Hall–Kier alpha value is -1.35. The second kappa shape index (κ2) is 6.28. The van der Waals surface area contributed by atoms with Gasteiger partial charge in [-0.3, -0.25) is 4.79 Å². The van der Waals surface area contributed by atoms with Crippen molar-refractivity contribution in [3.8, 4) is 0 Å². The Morgan fingerprint density at radius 2 is 2.25 bits per heavy atom. The number of aryl methyl sites for hydroxylation is 1. The van der Waals surface area contributed by atoms with Crippen molar-refractivity contribution in [2.45, 2.75) is 26.8 Å². The number of nitrogens with one attached hydrogen (secondary N) is 1. The average Bonchev–Trinajstić information content (AvgIpc) is 2.16. The van der Waals surface area contributed by atoms with Gasteiger partial charge < -0.3 is 10.4 Å². The third-order valence-electron chi connectivity index (χ3n) is 2.43. The Labute approximate surface area is 96.5 Å². The summed E-state index contributed by atoms with van der Waals surface area (Å²) < 4.78 is 0. The van der Waals surface area contributed by atoms with Gasteiger partial charge in [0.1, 0.15) is 0 Å². The van der Waals surface area contributed by atoms with E-state index in [1.54, 1.807) is 0 Å². The number of carboxylic acids is 1. The predicted molar refractivity (Wildman–Crippen MR) is 64.3 cm³/mol. The Balaban J connectivity index is 2.27. The summed E-state index contributed by atoms with van der Waals surface area (Å²) in [6.45, 7) is 5.54. The lowest BCUT2D eigenvalue weighted by Gasteiger charge is -2.10. The van der Waals surface area contributed by atoms with Crippen LogP contribution in [0.4, 0.5) is 0 Å². The molecule has 0 saturated carbocycles. The van der Waals surface area contributed by atoms with E-state index in [0.717, 1.165) is 13.1 Å². The summed E-state index contributed by atoms with van der Waals surface area (Å²) in [5.41, 5.74) is 2.49. The zero-order valence-corrected chi connectivity index (χ0v) is 9.86. The van der Waals surface area contributed by atoms with Crippen LogP contribution in [-0.2, 0) is 11.3 Å². The van der Waals surface area contributed by atoms with E-state index in [0.29, 0.717) is 0 Å². The van der Waals surface area contributed by atoms with Crippen molar-refractivity contribution < 1.29 is 9.90 Å². The molecule has 0 saturated heterocycles. The summed E-state index contributed by atoms with van der Waals surface area (Å²) in [6.07, 6.45) is 0.223. The van der Waals surface area contributed by atoms with Gasteiger partial charge in [-0.15, -0.1) is 0 Å². The molecular formula is C13H19NO2. The highest BCUT2D eigenvalue weighted by Crippen LogP contribution is 2.04. The maximum absolute atomic E-state index is 10.5. The molecule has 1 aromatic rings. The van der Waals surface area contributed by atoms with Gasteiger partial charge in [-0.2, -0.15) is 0 Å². The minimum atomic E-state index is -0.732. The number of hydrogen-bond donors (Lipinski definition) is 2. The molecule has 0 aliphatic carbocycles. The van der Waals surface area contributed by atoms with Crippen molar-refractivity contribution in [3.63, 3.8) is 0 Å². The van der Waals surface area contributed by atoms with E-state index in [9.17, 15) is 4.79 Å². The third kappa shape index (κ3) is 4.94. The summed E-state index contributed by atoms with van der Waals surface area (Å²) in [5, 5.41) is 11.9. The van der Waals surface area contributed by atoms with Crippen LogP contribution < -0.4 is 5.32 Å². The van der Waals surface area contributed by atoms with Gasteiger partial charge in [0.05, 0.1) is 0 Å². The first-order valence-electron chi connectivity index (χ1n) is 5.56. The maximum Gasteiger partial charge on any atom is 0.303 e. The maximum atomic E-state index is 10.5. The molecule has 0 spiro atoms. The largest absolute Gasteiger partial charge is 0.481 e. The van der Waals surface area contributed by atoms with Crippen LogP contribution in [0.15, 0.2) is 24.3 Å². The van der Waals surface area contributed by atoms with Crippen molar-refractivity contribution in [2.24, 2.45) is 5.92 Å². The van der Waals surface area contributed by atoms with Gasteiger partial charge in [0.2, 0.25) is 0 Å². The minimum Gasteiger partial charge on any atom is -0.481 e. The number of carboxylic acid groups (broad SMARTS) is 1. The monoisotopic (exact) mass is 221 g/mol. The quantitative estimate of drug-likeness (QED) is 0.774. The predicted octanol–water partition coefficient (Wildman–Crippen LogP) is 2.20. The normalized spacial score (nSPS) is 12.4. The molecule has 0 fully saturated rings. The molecule has 0 bridgehead atoms. The van der Waals surface area contributed by atoms with E-state index in [1.165, 1.54) is 11.1 Å². The molecule has 1 aromatic carbocycles. The smallest absolute Gasteiger partial charge is 0.303 e. The fraction of sp³-hybridized carbons (Fsp3) is 0.462. The van der Waals surface area contributed by atoms with Crippen LogP contribution in [0.3, 0.4) is 0 Å². The highest BCUT2D eigenvalue weighted by Gasteiger charge is 2.06. The van der Waals surface area contributed by atoms with E-state index < -0.39 is 5.97 Å². The molecule has 0 amide bonds. The first kappa shape index (κ1) is 12.7. The lowest BCUT2D eigenvalue weighted by atomic mass is 10.1. The fourth-order valence-corrected chi connectivity index (χ4v) is 1.66. The minimum absolute atomic E-state index is 0.169.